The molecule has 0 unspecified atom stereocenters. The molecular formula is C24H26ClN3O. The number of carbonyl (C=O) groups is 1. The third-order valence-electron chi connectivity index (χ3n) is 5.59. The molecule has 0 spiro atoms. The molecule has 1 aliphatic carbocycles. The fourth-order valence-corrected chi connectivity index (χ4v) is 4.13. The predicted molar refractivity (Wildman–Crippen MR) is 119 cm³/mol. The standard InChI is InChI=1S/C24H26ClN3O/c1-17(24(29)26-15-14-18-8-4-2-5-9-18)28-22-13-12-20(25)16-21(22)23(27-28)19-10-6-3-7-11-19/h3,6-8,10-13,16-17H,2,4-5,9,14-15H2,1H3,(H,26,29)/t17-/m1/s1. The largest absolute Gasteiger partial charge is 0.354 e. The van der Waals surface area contributed by atoms with Crippen molar-refractivity contribution in [3.8, 4) is 11.3 Å². The summed E-state index contributed by atoms with van der Waals surface area (Å²) in [5.41, 5.74) is 4.23. The Bertz CT molecular complexity index is 1040. The van der Waals surface area contributed by atoms with E-state index >= 15 is 0 Å². The Labute approximate surface area is 176 Å². The summed E-state index contributed by atoms with van der Waals surface area (Å²) in [5.74, 6) is -0.0135. The van der Waals surface area contributed by atoms with Gasteiger partial charge in [0.05, 0.1) is 5.52 Å². The molecule has 4 nitrogen and oxygen atoms in total. The number of allylic oxidation sites excluding steroid dienone is 1. The van der Waals surface area contributed by atoms with E-state index in [1.165, 1.54) is 24.8 Å². The van der Waals surface area contributed by atoms with Gasteiger partial charge in [-0.2, -0.15) is 5.10 Å². The van der Waals surface area contributed by atoms with Crippen molar-refractivity contribution in [3.05, 3.63) is 65.2 Å². The van der Waals surface area contributed by atoms with Crippen molar-refractivity contribution < 1.29 is 4.79 Å². The number of aromatic nitrogens is 2. The minimum Gasteiger partial charge on any atom is -0.354 e. The minimum absolute atomic E-state index is 0.0135. The summed E-state index contributed by atoms with van der Waals surface area (Å²) in [7, 11) is 0. The van der Waals surface area contributed by atoms with Gasteiger partial charge in [0, 0.05) is 22.5 Å². The van der Waals surface area contributed by atoms with Crippen LogP contribution in [-0.4, -0.2) is 22.2 Å². The maximum absolute atomic E-state index is 12.8. The fraction of sp³-hybridized carbons (Fsp3) is 0.333. The highest BCUT2D eigenvalue weighted by Crippen LogP contribution is 2.31. The van der Waals surface area contributed by atoms with E-state index in [-0.39, 0.29) is 5.91 Å². The van der Waals surface area contributed by atoms with Crippen LogP contribution in [0.2, 0.25) is 5.02 Å². The highest BCUT2D eigenvalue weighted by atomic mass is 35.5. The molecule has 1 heterocycles. The molecule has 0 saturated heterocycles. The summed E-state index contributed by atoms with van der Waals surface area (Å²) in [6.45, 7) is 2.57. The van der Waals surface area contributed by atoms with Crippen LogP contribution >= 0.6 is 11.6 Å². The van der Waals surface area contributed by atoms with Gasteiger partial charge in [-0.3, -0.25) is 9.48 Å². The zero-order valence-electron chi connectivity index (χ0n) is 16.7. The van der Waals surface area contributed by atoms with E-state index < -0.39 is 6.04 Å². The molecule has 0 aliphatic heterocycles. The van der Waals surface area contributed by atoms with Gasteiger partial charge < -0.3 is 5.32 Å². The first-order valence-corrected chi connectivity index (χ1v) is 10.7. The van der Waals surface area contributed by atoms with E-state index in [1.54, 1.807) is 0 Å². The average molecular weight is 408 g/mol. The summed E-state index contributed by atoms with van der Waals surface area (Å²) < 4.78 is 1.81. The van der Waals surface area contributed by atoms with Crippen molar-refractivity contribution >= 4 is 28.4 Å². The predicted octanol–water partition coefficient (Wildman–Crippen LogP) is 5.92. The van der Waals surface area contributed by atoms with Gasteiger partial charge in [-0.15, -0.1) is 0 Å². The van der Waals surface area contributed by atoms with Gasteiger partial charge in [0.2, 0.25) is 5.91 Å². The summed E-state index contributed by atoms with van der Waals surface area (Å²) in [5, 5.41) is 9.51. The summed E-state index contributed by atoms with van der Waals surface area (Å²) in [6.07, 6.45) is 8.15. The molecule has 0 saturated carbocycles. The van der Waals surface area contributed by atoms with E-state index in [4.69, 9.17) is 16.7 Å². The topological polar surface area (TPSA) is 46.9 Å². The number of amides is 1. The fourth-order valence-electron chi connectivity index (χ4n) is 3.95. The third-order valence-corrected chi connectivity index (χ3v) is 5.83. The van der Waals surface area contributed by atoms with Crippen LogP contribution in [0, 0.1) is 0 Å². The normalized spacial score (nSPS) is 15.2. The number of carbonyl (C=O) groups excluding carboxylic acids is 1. The van der Waals surface area contributed by atoms with Crippen LogP contribution in [0.15, 0.2) is 60.2 Å². The van der Waals surface area contributed by atoms with Crippen molar-refractivity contribution in [2.24, 2.45) is 0 Å². The van der Waals surface area contributed by atoms with Gasteiger partial charge in [0.25, 0.3) is 0 Å². The molecule has 1 atom stereocenters. The molecule has 1 aromatic heterocycles. The number of fused-ring (bicyclic) bond motifs is 1. The summed E-state index contributed by atoms with van der Waals surface area (Å²) in [6, 6.07) is 15.3. The van der Waals surface area contributed by atoms with E-state index in [0.717, 1.165) is 35.0 Å². The second-order valence-corrected chi connectivity index (χ2v) is 8.08. The highest BCUT2D eigenvalue weighted by molar-refractivity contribution is 6.31. The zero-order valence-corrected chi connectivity index (χ0v) is 17.5. The lowest BCUT2D eigenvalue weighted by molar-refractivity contribution is -0.124. The molecule has 0 bridgehead atoms. The first kappa shape index (κ1) is 19.7. The molecule has 0 radical (unpaired) electrons. The Morgan fingerprint density at radius 3 is 2.79 bits per heavy atom. The van der Waals surface area contributed by atoms with Crippen LogP contribution in [0.4, 0.5) is 0 Å². The monoisotopic (exact) mass is 407 g/mol. The average Bonchev–Trinajstić information content (AvgIpc) is 3.13. The number of nitrogens with one attached hydrogen (secondary N) is 1. The van der Waals surface area contributed by atoms with Gasteiger partial charge >= 0.3 is 0 Å². The molecule has 150 valence electrons. The van der Waals surface area contributed by atoms with Crippen molar-refractivity contribution in [1.82, 2.24) is 15.1 Å². The van der Waals surface area contributed by atoms with Crippen molar-refractivity contribution in [1.29, 1.82) is 0 Å². The van der Waals surface area contributed by atoms with Crippen molar-refractivity contribution in [2.45, 2.75) is 45.1 Å². The van der Waals surface area contributed by atoms with Crippen LogP contribution in [0.3, 0.4) is 0 Å². The first-order chi connectivity index (χ1) is 14.1. The number of hydrogen-bond acceptors (Lipinski definition) is 2. The molecule has 5 heteroatoms. The smallest absolute Gasteiger partial charge is 0.244 e. The Morgan fingerprint density at radius 2 is 2.03 bits per heavy atom. The SMILES string of the molecule is C[C@H](C(=O)NCCC1=CCCCC1)n1nc(-c2ccccc2)c2cc(Cl)ccc21. The number of rotatable bonds is 6. The van der Waals surface area contributed by atoms with Gasteiger partial charge in [-0.05, 0) is 57.2 Å². The molecule has 1 amide bonds. The first-order valence-electron chi connectivity index (χ1n) is 10.3. The Morgan fingerprint density at radius 1 is 1.21 bits per heavy atom. The molecule has 0 fully saturated rings. The quantitative estimate of drug-likeness (QED) is 0.515. The maximum Gasteiger partial charge on any atom is 0.244 e. The highest BCUT2D eigenvalue weighted by Gasteiger charge is 2.21. The zero-order chi connectivity index (χ0) is 20.2. The van der Waals surface area contributed by atoms with E-state index in [1.807, 2.05) is 60.1 Å². The maximum atomic E-state index is 12.8. The second kappa shape index (κ2) is 8.83. The molecule has 1 aliphatic rings. The number of nitrogens with zero attached hydrogens (tertiary/aromatic N) is 2. The lowest BCUT2D eigenvalue weighted by Gasteiger charge is -2.16. The molecule has 1 N–H and O–H groups in total. The van der Waals surface area contributed by atoms with Crippen LogP contribution in [0.25, 0.3) is 22.2 Å². The lowest BCUT2D eigenvalue weighted by atomic mass is 9.97. The van der Waals surface area contributed by atoms with Crippen LogP contribution in [-0.2, 0) is 4.79 Å². The van der Waals surface area contributed by atoms with E-state index in [0.29, 0.717) is 11.6 Å². The van der Waals surface area contributed by atoms with Crippen LogP contribution in [0.1, 0.15) is 45.1 Å². The number of halogens is 1. The Balaban J connectivity index is 1.56. The molecular weight excluding hydrogens is 382 g/mol. The van der Waals surface area contributed by atoms with Gasteiger partial charge in [0.1, 0.15) is 11.7 Å². The Hall–Kier alpha value is -2.59. The molecule has 3 aromatic rings. The van der Waals surface area contributed by atoms with Gasteiger partial charge in [-0.1, -0.05) is 53.6 Å². The third kappa shape index (κ3) is 4.38. The molecule has 29 heavy (non-hydrogen) atoms. The Kier molecular flexibility index (Phi) is 6.00. The van der Waals surface area contributed by atoms with Crippen molar-refractivity contribution in [3.63, 3.8) is 0 Å². The lowest BCUT2D eigenvalue weighted by Crippen LogP contribution is -2.32. The molecule has 4 rings (SSSR count). The second-order valence-electron chi connectivity index (χ2n) is 7.65. The molecule has 2 aromatic carbocycles. The number of benzene rings is 2. The minimum atomic E-state index is -0.406. The van der Waals surface area contributed by atoms with E-state index in [9.17, 15) is 4.79 Å². The van der Waals surface area contributed by atoms with Crippen LogP contribution < -0.4 is 5.32 Å². The van der Waals surface area contributed by atoms with Gasteiger partial charge in [0.15, 0.2) is 0 Å². The summed E-state index contributed by atoms with van der Waals surface area (Å²) in [4.78, 5) is 12.8. The summed E-state index contributed by atoms with van der Waals surface area (Å²) >= 11 is 6.25. The van der Waals surface area contributed by atoms with Crippen LogP contribution in [0.5, 0.6) is 0 Å². The number of hydrogen-bond donors (Lipinski definition) is 1. The van der Waals surface area contributed by atoms with Gasteiger partial charge in [-0.25, -0.2) is 0 Å². The van der Waals surface area contributed by atoms with Crippen molar-refractivity contribution in [2.75, 3.05) is 6.54 Å². The van der Waals surface area contributed by atoms with E-state index in [2.05, 4.69) is 11.4 Å².